The molecule has 1 atom stereocenters. The van der Waals surface area contributed by atoms with Gasteiger partial charge in [0.1, 0.15) is 11.4 Å². The molecule has 0 bridgehead atoms. The fourth-order valence-electron chi connectivity index (χ4n) is 3.48. The number of ether oxygens (including phenoxy) is 1. The van der Waals surface area contributed by atoms with Crippen LogP contribution >= 0.6 is 0 Å². The van der Waals surface area contributed by atoms with Crippen molar-refractivity contribution in [2.45, 2.75) is 58.2 Å². The molecule has 23 heavy (non-hydrogen) atoms. The van der Waals surface area contributed by atoms with Crippen LogP contribution in [0.25, 0.3) is 0 Å². The van der Waals surface area contributed by atoms with Crippen molar-refractivity contribution >= 4 is 0 Å². The lowest BCUT2D eigenvalue weighted by molar-refractivity contribution is 0.0224. The van der Waals surface area contributed by atoms with Gasteiger partial charge in [-0.1, -0.05) is 56.3 Å². The maximum Gasteiger partial charge on any atom is 0.125 e. The van der Waals surface area contributed by atoms with Crippen molar-refractivity contribution in [3.63, 3.8) is 0 Å². The lowest BCUT2D eigenvalue weighted by Gasteiger charge is -2.42. The van der Waals surface area contributed by atoms with Crippen LogP contribution in [-0.4, -0.2) is 5.60 Å². The van der Waals surface area contributed by atoms with E-state index in [1.807, 2.05) is 0 Å². The Kier molecular flexibility index (Phi) is 4.72. The van der Waals surface area contributed by atoms with Crippen LogP contribution in [0, 0.1) is 6.92 Å². The Labute approximate surface area is 139 Å². The van der Waals surface area contributed by atoms with Gasteiger partial charge in [-0.15, -0.1) is 0 Å². The second-order valence-corrected chi connectivity index (χ2v) is 6.66. The fourth-order valence-corrected chi connectivity index (χ4v) is 3.48. The van der Waals surface area contributed by atoms with Crippen LogP contribution in [0.1, 0.15) is 55.8 Å². The summed E-state index contributed by atoms with van der Waals surface area (Å²) in [6, 6.07) is 17.6. The van der Waals surface area contributed by atoms with Gasteiger partial charge in [-0.3, -0.25) is 0 Å². The van der Waals surface area contributed by atoms with E-state index in [0.29, 0.717) is 6.04 Å². The SMILES string of the molecule is CCC1(CC)CC(NCc2ccccc2)c2ccc(C)cc2O1. The van der Waals surface area contributed by atoms with E-state index in [-0.39, 0.29) is 5.60 Å². The average molecular weight is 309 g/mol. The van der Waals surface area contributed by atoms with Crippen LogP contribution in [-0.2, 0) is 6.54 Å². The van der Waals surface area contributed by atoms with E-state index in [4.69, 9.17) is 4.74 Å². The average Bonchev–Trinajstić information content (AvgIpc) is 2.60. The molecular weight excluding hydrogens is 282 g/mol. The molecule has 0 saturated carbocycles. The zero-order chi connectivity index (χ0) is 16.3. The maximum atomic E-state index is 6.44. The third kappa shape index (κ3) is 3.42. The van der Waals surface area contributed by atoms with E-state index < -0.39 is 0 Å². The number of benzene rings is 2. The van der Waals surface area contributed by atoms with Gasteiger partial charge in [-0.25, -0.2) is 0 Å². The van der Waals surface area contributed by atoms with Crippen molar-refractivity contribution in [2.75, 3.05) is 0 Å². The zero-order valence-electron chi connectivity index (χ0n) is 14.4. The molecule has 0 fully saturated rings. The minimum atomic E-state index is -0.0465. The van der Waals surface area contributed by atoms with Crippen molar-refractivity contribution in [3.05, 3.63) is 65.2 Å². The molecule has 1 aliphatic heterocycles. The second kappa shape index (κ2) is 6.76. The summed E-state index contributed by atoms with van der Waals surface area (Å²) >= 11 is 0. The van der Waals surface area contributed by atoms with Gasteiger partial charge in [0.25, 0.3) is 0 Å². The first kappa shape index (κ1) is 16.1. The summed E-state index contributed by atoms with van der Waals surface area (Å²) in [4.78, 5) is 0. The molecule has 1 unspecified atom stereocenters. The van der Waals surface area contributed by atoms with Gasteiger partial charge in [0.05, 0.1) is 0 Å². The second-order valence-electron chi connectivity index (χ2n) is 6.66. The highest BCUT2D eigenvalue weighted by molar-refractivity contribution is 5.42. The lowest BCUT2D eigenvalue weighted by atomic mass is 9.83. The molecule has 122 valence electrons. The molecule has 0 aromatic heterocycles. The van der Waals surface area contributed by atoms with Crippen molar-refractivity contribution in [3.8, 4) is 5.75 Å². The highest BCUT2D eigenvalue weighted by atomic mass is 16.5. The van der Waals surface area contributed by atoms with E-state index in [1.54, 1.807) is 0 Å². The zero-order valence-corrected chi connectivity index (χ0v) is 14.4. The first-order valence-corrected chi connectivity index (χ1v) is 8.72. The lowest BCUT2D eigenvalue weighted by Crippen LogP contribution is -2.43. The molecule has 2 aromatic carbocycles. The van der Waals surface area contributed by atoms with Crippen LogP contribution in [0.5, 0.6) is 5.75 Å². The predicted octanol–water partition coefficient (Wildman–Crippen LogP) is 5.17. The maximum absolute atomic E-state index is 6.44. The summed E-state index contributed by atoms with van der Waals surface area (Å²) in [6.45, 7) is 7.49. The van der Waals surface area contributed by atoms with Crippen LogP contribution in [0.15, 0.2) is 48.5 Å². The fraction of sp³-hybridized carbons (Fsp3) is 0.429. The summed E-state index contributed by atoms with van der Waals surface area (Å²) in [5, 5.41) is 3.76. The van der Waals surface area contributed by atoms with E-state index in [1.165, 1.54) is 16.7 Å². The first-order chi connectivity index (χ1) is 11.2. The van der Waals surface area contributed by atoms with Gasteiger partial charge in [-0.2, -0.15) is 0 Å². The molecule has 1 aliphatic rings. The van der Waals surface area contributed by atoms with Gasteiger partial charge >= 0.3 is 0 Å². The molecule has 3 rings (SSSR count). The largest absolute Gasteiger partial charge is 0.487 e. The van der Waals surface area contributed by atoms with Gasteiger partial charge in [0.2, 0.25) is 0 Å². The van der Waals surface area contributed by atoms with Crippen molar-refractivity contribution in [2.24, 2.45) is 0 Å². The Bertz CT molecular complexity index is 646. The molecule has 0 aliphatic carbocycles. The third-order valence-electron chi connectivity index (χ3n) is 5.13. The van der Waals surface area contributed by atoms with Crippen LogP contribution in [0.4, 0.5) is 0 Å². The molecule has 1 heterocycles. The quantitative estimate of drug-likeness (QED) is 0.823. The van der Waals surface area contributed by atoms with Gasteiger partial charge in [0.15, 0.2) is 0 Å². The number of fused-ring (bicyclic) bond motifs is 1. The van der Waals surface area contributed by atoms with E-state index in [2.05, 4.69) is 74.6 Å². The smallest absolute Gasteiger partial charge is 0.125 e. The molecule has 2 heteroatoms. The molecular formula is C21H27NO. The minimum Gasteiger partial charge on any atom is -0.487 e. The molecule has 1 N–H and O–H groups in total. The topological polar surface area (TPSA) is 21.3 Å². The molecule has 2 nitrogen and oxygen atoms in total. The summed E-state index contributed by atoms with van der Waals surface area (Å²) in [7, 11) is 0. The summed E-state index contributed by atoms with van der Waals surface area (Å²) in [5.41, 5.74) is 3.83. The van der Waals surface area contributed by atoms with Crippen LogP contribution < -0.4 is 10.1 Å². The molecule has 0 amide bonds. The number of nitrogens with one attached hydrogen (secondary N) is 1. The van der Waals surface area contributed by atoms with Gasteiger partial charge in [0, 0.05) is 24.6 Å². The minimum absolute atomic E-state index is 0.0465. The predicted molar refractivity (Wildman–Crippen MR) is 95.8 cm³/mol. The Hall–Kier alpha value is -1.80. The Morgan fingerprint density at radius 1 is 1.09 bits per heavy atom. The van der Waals surface area contributed by atoms with Gasteiger partial charge < -0.3 is 10.1 Å². The number of hydrogen-bond donors (Lipinski definition) is 1. The standard InChI is InChI=1S/C21H27NO/c1-4-21(5-2)14-19(22-15-17-9-7-6-8-10-17)18-12-11-16(3)13-20(18)23-21/h6-13,19,22H,4-5,14-15H2,1-3H3. The Morgan fingerprint density at radius 3 is 2.52 bits per heavy atom. The van der Waals surface area contributed by atoms with Crippen LogP contribution in [0.3, 0.4) is 0 Å². The van der Waals surface area contributed by atoms with E-state index >= 15 is 0 Å². The number of hydrogen-bond acceptors (Lipinski definition) is 2. The van der Waals surface area contributed by atoms with E-state index in [9.17, 15) is 0 Å². The summed E-state index contributed by atoms with van der Waals surface area (Å²) in [5.74, 6) is 1.06. The normalized spacial score (nSPS) is 19.0. The van der Waals surface area contributed by atoms with Crippen LogP contribution in [0.2, 0.25) is 0 Å². The Morgan fingerprint density at radius 2 is 1.83 bits per heavy atom. The highest BCUT2D eigenvalue weighted by Crippen LogP contribution is 2.43. The van der Waals surface area contributed by atoms with Crippen molar-refractivity contribution in [1.29, 1.82) is 0 Å². The monoisotopic (exact) mass is 309 g/mol. The molecule has 0 spiro atoms. The molecule has 2 aromatic rings. The summed E-state index contributed by atoms with van der Waals surface area (Å²) < 4.78 is 6.44. The molecule has 0 saturated heterocycles. The van der Waals surface area contributed by atoms with Crippen molar-refractivity contribution < 1.29 is 4.74 Å². The number of rotatable bonds is 5. The van der Waals surface area contributed by atoms with Crippen molar-refractivity contribution in [1.82, 2.24) is 5.32 Å². The van der Waals surface area contributed by atoms with Gasteiger partial charge in [-0.05, 0) is 37.0 Å². The third-order valence-corrected chi connectivity index (χ3v) is 5.13. The first-order valence-electron chi connectivity index (χ1n) is 8.72. The highest BCUT2D eigenvalue weighted by Gasteiger charge is 2.38. The number of aryl methyl sites for hydroxylation is 1. The Balaban J connectivity index is 1.86. The summed E-state index contributed by atoms with van der Waals surface area (Å²) in [6.07, 6.45) is 3.11. The molecule has 0 radical (unpaired) electrons. The van der Waals surface area contributed by atoms with E-state index in [0.717, 1.165) is 31.6 Å².